The van der Waals surface area contributed by atoms with Gasteiger partial charge in [0.15, 0.2) is 11.5 Å². The number of nitrogens with one attached hydrogen (secondary N) is 2. The molecule has 2 amide bonds. The van der Waals surface area contributed by atoms with Gasteiger partial charge in [0.25, 0.3) is 11.8 Å². The van der Waals surface area contributed by atoms with Crippen molar-refractivity contribution < 1.29 is 19.1 Å². The van der Waals surface area contributed by atoms with Gasteiger partial charge in [-0.25, -0.2) is 0 Å². The lowest BCUT2D eigenvalue weighted by Gasteiger charge is -2.12. The van der Waals surface area contributed by atoms with Crippen LogP contribution in [0, 0.1) is 0 Å². The number of carbonyl (C=O) groups is 2. The van der Waals surface area contributed by atoms with Crippen LogP contribution >= 0.6 is 0 Å². The lowest BCUT2D eigenvalue weighted by molar-refractivity contribution is 0.0939. The zero-order valence-electron chi connectivity index (χ0n) is 14.2. The summed E-state index contributed by atoms with van der Waals surface area (Å²) >= 11 is 0. The Bertz CT molecular complexity index is 804. The number of rotatable bonds is 5. The number of amides is 2. The molecule has 2 N–H and O–H groups in total. The summed E-state index contributed by atoms with van der Waals surface area (Å²) in [6.45, 7) is 4.12. The molecule has 0 bridgehead atoms. The molecule has 2 aromatic rings. The molecular formula is C19H20N2O4. The van der Waals surface area contributed by atoms with Gasteiger partial charge in [-0.2, -0.15) is 0 Å². The molecule has 6 heteroatoms. The first kappa shape index (κ1) is 16.8. The number of ether oxygens (including phenoxy) is 2. The van der Waals surface area contributed by atoms with E-state index in [9.17, 15) is 9.59 Å². The van der Waals surface area contributed by atoms with E-state index in [0.29, 0.717) is 28.3 Å². The van der Waals surface area contributed by atoms with Gasteiger partial charge >= 0.3 is 0 Å². The standard InChI is InChI=1S/C19H20N2O4/c1-3-12(2)20-18(22)13-5-4-6-14(9-13)19(23)21-15-7-8-16-17(10-15)25-11-24-16/h4-10,12H,3,11H2,1-2H3,(H,20,22)(H,21,23). The average molecular weight is 340 g/mol. The maximum absolute atomic E-state index is 12.5. The van der Waals surface area contributed by atoms with Crippen LogP contribution in [0.1, 0.15) is 41.0 Å². The molecule has 0 fully saturated rings. The molecule has 1 aliphatic rings. The number of hydrogen-bond acceptors (Lipinski definition) is 4. The van der Waals surface area contributed by atoms with Crippen molar-refractivity contribution in [3.8, 4) is 11.5 Å². The number of benzene rings is 2. The molecule has 1 unspecified atom stereocenters. The normalized spacial score (nSPS) is 13.2. The summed E-state index contributed by atoms with van der Waals surface area (Å²) in [5.74, 6) is 0.769. The first-order chi connectivity index (χ1) is 12.1. The van der Waals surface area contributed by atoms with Gasteiger partial charge in [0, 0.05) is 28.9 Å². The number of hydrogen-bond donors (Lipinski definition) is 2. The highest BCUT2D eigenvalue weighted by molar-refractivity contribution is 6.06. The Morgan fingerprint density at radius 3 is 2.52 bits per heavy atom. The minimum atomic E-state index is -0.294. The lowest BCUT2D eigenvalue weighted by atomic mass is 10.1. The first-order valence-corrected chi connectivity index (χ1v) is 8.18. The van der Waals surface area contributed by atoms with Crippen molar-refractivity contribution in [2.45, 2.75) is 26.3 Å². The third-order valence-electron chi connectivity index (χ3n) is 4.01. The highest BCUT2D eigenvalue weighted by Crippen LogP contribution is 2.34. The van der Waals surface area contributed by atoms with Crippen LogP contribution in [-0.2, 0) is 0 Å². The fourth-order valence-corrected chi connectivity index (χ4v) is 2.39. The minimum Gasteiger partial charge on any atom is -0.454 e. The van der Waals surface area contributed by atoms with Crippen molar-refractivity contribution in [3.05, 3.63) is 53.6 Å². The van der Waals surface area contributed by atoms with Crippen LogP contribution in [0.3, 0.4) is 0 Å². The zero-order valence-corrected chi connectivity index (χ0v) is 14.2. The second kappa shape index (κ2) is 7.25. The fraction of sp³-hybridized carbons (Fsp3) is 0.263. The van der Waals surface area contributed by atoms with Crippen molar-refractivity contribution in [1.29, 1.82) is 0 Å². The summed E-state index contributed by atoms with van der Waals surface area (Å²) in [4.78, 5) is 24.7. The molecule has 1 heterocycles. The van der Waals surface area contributed by atoms with Crippen LogP contribution in [0.4, 0.5) is 5.69 Å². The summed E-state index contributed by atoms with van der Waals surface area (Å²) in [5.41, 5.74) is 1.47. The highest BCUT2D eigenvalue weighted by atomic mass is 16.7. The molecule has 6 nitrogen and oxygen atoms in total. The molecule has 0 saturated heterocycles. The van der Waals surface area contributed by atoms with E-state index in [1.807, 2.05) is 13.8 Å². The van der Waals surface area contributed by atoms with Crippen LogP contribution in [0.25, 0.3) is 0 Å². The van der Waals surface area contributed by atoms with E-state index in [4.69, 9.17) is 9.47 Å². The second-order valence-electron chi connectivity index (χ2n) is 5.89. The van der Waals surface area contributed by atoms with Gasteiger partial charge in [0.05, 0.1) is 0 Å². The largest absolute Gasteiger partial charge is 0.454 e. The lowest BCUT2D eigenvalue weighted by Crippen LogP contribution is -2.32. The Morgan fingerprint density at radius 2 is 1.76 bits per heavy atom. The molecule has 1 aliphatic heterocycles. The van der Waals surface area contributed by atoms with E-state index in [-0.39, 0.29) is 24.6 Å². The summed E-state index contributed by atoms with van der Waals surface area (Å²) in [5, 5.41) is 5.69. The number of carbonyl (C=O) groups excluding carboxylic acids is 2. The molecule has 25 heavy (non-hydrogen) atoms. The van der Waals surface area contributed by atoms with Crippen LogP contribution in [0.2, 0.25) is 0 Å². The maximum atomic E-state index is 12.5. The monoisotopic (exact) mass is 340 g/mol. The molecule has 130 valence electrons. The van der Waals surface area contributed by atoms with Gasteiger partial charge in [0.2, 0.25) is 6.79 Å². The average Bonchev–Trinajstić information content (AvgIpc) is 3.09. The Kier molecular flexibility index (Phi) is 4.88. The molecule has 0 radical (unpaired) electrons. The zero-order chi connectivity index (χ0) is 17.8. The van der Waals surface area contributed by atoms with Gasteiger partial charge in [-0.3, -0.25) is 9.59 Å². The third-order valence-corrected chi connectivity index (χ3v) is 4.01. The van der Waals surface area contributed by atoms with Crippen LogP contribution in [-0.4, -0.2) is 24.6 Å². The van der Waals surface area contributed by atoms with Gasteiger partial charge in [-0.15, -0.1) is 0 Å². The van der Waals surface area contributed by atoms with Gasteiger partial charge in [0.1, 0.15) is 0 Å². The fourth-order valence-electron chi connectivity index (χ4n) is 2.39. The topological polar surface area (TPSA) is 76.7 Å². The van der Waals surface area contributed by atoms with Crippen molar-refractivity contribution >= 4 is 17.5 Å². The van der Waals surface area contributed by atoms with Gasteiger partial charge < -0.3 is 20.1 Å². The minimum absolute atomic E-state index is 0.0821. The SMILES string of the molecule is CCC(C)NC(=O)c1cccc(C(=O)Nc2ccc3c(c2)OCO3)c1. The van der Waals surface area contributed by atoms with Crippen molar-refractivity contribution in [2.24, 2.45) is 0 Å². The summed E-state index contributed by atoms with van der Waals surface area (Å²) in [6, 6.07) is 11.9. The van der Waals surface area contributed by atoms with Gasteiger partial charge in [-0.05, 0) is 43.7 Å². The molecule has 0 spiro atoms. The number of fused-ring (bicyclic) bond motifs is 1. The Balaban J connectivity index is 1.72. The predicted molar refractivity (Wildman–Crippen MR) is 94.2 cm³/mol. The molecule has 0 saturated carbocycles. The molecule has 0 aliphatic carbocycles. The molecule has 3 rings (SSSR count). The van der Waals surface area contributed by atoms with E-state index < -0.39 is 0 Å². The summed E-state index contributed by atoms with van der Waals surface area (Å²) in [7, 11) is 0. The van der Waals surface area contributed by atoms with E-state index >= 15 is 0 Å². The molecule has 2 aromatic carbocycles. The van der Waals surface area contributed by atoms with E-state index in [1.165, 1.54) is 0 Å². The molecule has 0 aromatic heterocycles. The Morgan fingerprint density at radius 1 is 1.04 bits per heavy atom. The van der Waals surface area contributed by atoms with E-state index in [1.54, 1.807) is 42.5 Å². The van der Waals surface area contributed by atoms with E-state index in [0.717, 1.165) is 6.42 Å². The highest BCUT2D eigenvalue weighted by Gasteiger charge is 2.16. The molecular weight excluding hydrogens is 320 g/mol. The van der Waals surface area contributed by atoms with Gasteiger partial charge in [-0.1, -0.05) is 13.0 Å². The Hall–Kier alpha value is -3.02. The third kappa shape index (κ3) is 3.91. The van der Waals surface area contributed by atoms with E-state index in [2.05, 4.69) is 10.6 Å². The summed E-state index contributed by atoms with van der Waals surface area (Å²) < 4.78 is 10.5. The summed E-state index contributed by atoms with van der Waals surface area (Å²) in [6.07, 6.45) is 0.843. The second-order valence-corrected chi connectivity index (χ2v) is 5.89. The van der Waals surface area contributed by atoms with Crippen molar-refractivity contribution in [1.82, 2.24) is 5.32 Å². The van der Waals surface area contributed by atoms with Crippen molar-refractivity contribution in [2.75, 3.05) is 12.1 Å². The smallest absolute Gasteiger partial charge is 0.255 e. The Labute approximate surface area is 146 Å². The van der Waals surface area contributed by atoms with Crippen LogP contribution < -0.4 is 20.1 Å². The van der Waals surface area contributed by atoms with Crippen molar-refractivity contribution in [3.63, 3.8) is 0 Å². The maximum Gasteiger partial charge on any atom is 0.255 e. The predicted octanol–water partition coefficient (Wildman–Crippen LogP) is 3.20. The number of anilines is 1. The van der Waals surface area contributed by atoms with Crippen LogP contribution in [0.5, 0.6) is 11.5 Å². The molecule has 1 atom stereocenters. The first-order valence-electron chi connectivity index (χ1n) is 8.18. The quantitative estimate of drug-likeness (QED) is 0.876. The van der Waals surface area contributed by atoms with Crippen LogP contribution in [0.15, 0.2) is 42.5 Å².